The van der Waals surface area contributed by atoms with Crippen LogP contribution in [0.3, 0.4) is 0 Å². The number of carbonyl (C=O) groups is 3. The Labute approximate surface area is 124 Å². The zero-order valence-corrected chi connectivity index (χ0v) is 12.8. The summed E-state index contributed by atoms with van der Waals surface area (Å²) >= 11 is 2.34. The lowest BCUT2D eigenvalue weighted by Crippen LogP contribution is -2.42. The van der Waals surface area contributed by atoms with Crippen molar-refractivity contribution in [3.63, 3.8) is 0 Å². The van der Waals surface area contributed by atoms with Crippen molar-refractivity contribution < 1.29 is 19.1 Å². The molecule has 0 unspecified atom stereocenters. The van der Waals surface area contributed by atoms with E-state index < -0.39 is 23.2 Å². The molecule has 2 heterocycles. The largest absolute Gasteiger partial charge is 0.467 e. The van der Waals surface area contributed by atoms with Gasteiger partial charge < -0.3 is 4.74 Å². The van der Waals surface area contributed by atoms with E-state index in [1.807, 2.05) is 18.4 Å². The van der Waals surface area contributed by atoms with Crippen LogP contribution in [-0.2, 0) is 14.3 Å². The van der Waals surface area contributed by atoms with Crippen molar-refractivity contribution in [3.05, 3.63) is 26.8 Å². The molecule has 2 rings (SSSR count). The minimum absolute atomic E-state index is 0.330. The van der Waals surface area contributed by atoms with E-state index in [9.17, 15) is 14.4 Å². The van der Waals surface area contributed by atoms with Crippen LogP contribution in [0, 0.1) is 6.92 Å². The maximum Gasteiger partial charge on any atom is 0.328 e. The summed E-state index contributed by atoms with van der Waals surface area (Å²) in [5.41, 5.74) is 1.04. The summed E-state index contributed by atoms with van der Waals surface area (Å²) in [5.74, 6) is -1.06. The first-order valence-electron chi connectivity index (χ1n) is 5.84. The third kappa shape index (κ3) is 2.64. The standard InChI is InChI=1S/C13H13NO4S2/c1-7-4-5-19-9(7)6-10-11(15)14(13(17)20-10)8(2)12(16)18-3/h4-6,8H,1-3H3/b10-6-/t8-/m0/s1. The van der Waals surface area contributed by atoms with E-state index >= 15 is 0 Å². The van der Waals surface area contributed by atoms with Gasteiger partial charge in [0.1, 0.15) is 6.04 Å². The Bertz CT molecular complexity index is 605. The highest BCUT2D eigenvalue weighted by Gasteiger charge is 2.41. The number of methoxy groups -OCH3 is 1. The second kappa shape index (κ2) is 5.80. The first-order valence-corrected chi connectivity index (χ1v) is 7.54. The van der Waals surface area contributed by atoms with E-state index in [1.165, 1.54) is 25.4 Å². The Hall–Kier alpha value is -1.60. The van der Waals surface area contributed by atoms with Crippen molar-refractivity contribution in [1.29, 1.82) is 0 Å². The summed E-state index contributed by atoms with van der Waals surface area (Å²) in [6.07, 6.45) is 1.69. The minimum Gasteiger partial charge on any atom is -0.467 e. The molecule has 1 atom stereocenters. The Kier molecular flexibility index (Phi) is 4.29. The number of thiophene rings is 1. The van der Waals surface area contributed by atoms with Gasteiger partial charge in [0.05, 0.1) is 12.0 Å². The predicted molar refractivity (Wildman–Crippen MR) is 78.3 cm³/mol. The van der Waals surface area contributed by atoms with Crippen molar-refractivity contribution in [3.8, 4) is 0 Å². The zero-order valence-electron chi connectivity index (χ0n) is 11.2. The molecule has 1 aromatic rings. The van der Waals surface area contributed by atoms with Crippen LogP contribution < -0.4 is 0 Å². The lowest BCUT2D eigenvalue weighted by Gasteiger charge is -2.18. The molecule has 0 spiro atoms. The van der Waals surface area contributed by atoms with Gasteiger partial charge in [-0.1, -0.05) is 0 Å². The number of rotatable bonds is 3. The number of esters is 1. The molecule has 1 fully saturated rings. The van der Waals surface area contributed by atoms with E-state index in [2.05, 4.69) is 4.74 Å². The van der Waals surface area contributed by atoms with Crippen molar-refractivity contribution in [1.82, 2.24) is 4.90 Å². The summed E-state index contributed by atoms with van der Waals surface area (Å²) in [7, 11) is 1.22. The number of nitrogens with zero attached hydrogens (tertiary/aromatic N) is 1. The van der Waals surface area contributed by atoms with Crippen LogP contribution in [0.1, 0.15) is 17.4 Å². The van der Waals surface area contributed by atoms with Crippen LogP contribution in [0.2, 0.25) is 0 Å². The van der Waals surface area contributed by atoms with Crippen LogP contribution in [0.15, 0.2) is 16.4 Å². The van der Waals surface area contributed by atoms with Gasteiger partial charge in [-0.15, -0.1) is 11.3 Å². The molecule has 2 amide bonds. The number of imide groups is 1. The first kappa shape index (κ1) is 14.8. The van der Waals surface area contributed by atoms with E-state index in [1.54, 1.807) is 6.08 Å². The molecule has 20 heavy (non-hydrogen) atoms. The monoisotopic (exact) mass is 311 g/mol. The molecule has 1 aliphatic rings. The van der Waals surface area contributed by atoms with Gasteiger partial charge in [-0.25, -0.2) is 4.79 Å². The second-order valence-corrected chi connectivity index (χ2v) is 6.16. The number of ether oxygens (including phenoxy) is 1. The number of carbonyl (C=O) groups excluding carboxylic acids is 3. The molecule has 0 aromatic carbocycles. The molecular weight excluding hydrogens is 298 g/mol. The zero-order chi connectivity index (χ0) is 14.9. The number of amides is 2. The third-order valence-corrected chi connectivity index (χ3v) is 4.77. The second-order valence-electron chi connectivity index (χ2n) is 4.22. The normalized spacial score (nSPS) is 18.8. The van der Waals surface area contributed by atoms with Crippen molar-refractivity contribution in [2.45, 2.75) is 19.9 Å². The highest BCUT2D eigenvalue weighted by Crippen LogP contribution is 2.35. The maximum atomic E-state index is 12.2. The lowest BCUT2D eigenvalue weighted by molar-refractivity contribution is -0.148. The van der Waals surface area contributed by atoms with E-state index in [0.29, 0.717) is 4.91 Å². The molecule has 1 aromatic heterocycles. The van der Waals surface area contributed by atoms with Crippen LogP contribution in [0.5, 0.6) is 0 Å². The van der Waals surface area contributed by atoms with Gasteiger partial charge in [-0.3, -0.25) is 14.5 Å². The number of hydrogen-bond acceptors (Lipinski definition) is 6. The molecule has 1 aliphatic heterocycles. The molecular formula is C13H13NO4S2. The molecule has 7 heteroatoms. The van der Waals surface area contributed by atoms with Crippen LogP contribution in [0.25, 0.3) is 6.08 Å². The summed E-state index contributed by atoms with van der Waals surface area (Å²) in [6.45, 7) is 3.41. The molecule has 1 saturated heterocycles. The van der Waals surface area contributed by atoms with Crippen molar-refractivity contribution in [2.75, 3.05) is 7.11 Å². The van der Waals surface area contributed by atoms with Gasteiger partial charge >= 0.3 is 5.97 Å². The maximum absolute atomic E-state index is 12.2. The fraction of sp³-hybridized carbons (Fsp3) is 0.308. The smallest absolute Gasteiger partial charge is 0.328 e. The van der Waals surface area contributed by atoms with Crippen molar-refractivity contribution in [2.24, 2.45) is 0 Å². The first-order chi connectivity index (χ1) is 9.45. The average molecular weight is 311 g/mol. The summed E-state index contributed by atoms with van der Waals surface area (Å²) in [5, 5.41) is 1.47. The molecule has 0 N–H and O–H groups in total. The highest BCUT2D eigenvalue weighted by molar-refractivity contribution is 8.18. The fourth-order valence-electron chi connectivity index (χ4n) is 1.74. The Morgan fingerprint density at radius 3 is 2.70 bits per heavy atom. The van der Waals surface area contributed by atoms with Gasteiger partial charge in [0.15, 0.2) is 0 Å². The quantitative estimate of drug-likeness (QED) is 0.634. The van der Waals surface area contributed by atoms with Crippen molar-refractivity contribution >= 4 is 46.3 Å². The molecule has 5 nitrogen and oxygen atoms in total. The third-order valence-electron chi connectivity index (χ3n) is 2.92. The summed E-state index contributed by atoms with van der Waals surface area (Å²) < 4.78 is 4.57. The fourth-order valence-corrected chi connectivity index (χ4v) is 3.56. The Morgan fingerprint density at radius 2 is 2.15 bits per heavy atom. The number of hydrogen-bond donors (Lipinski definition) is 0. The van der Waals surface area contributed by atoms with Gasteiger partial charge in [-0.05, 0) is 48.7 Å². The van der Waals surface area contributed by atoms with E-state index in [0.717, 1.165) is 27.1 Å². The molecule has 0 bridgehead atoms. The van der Waals surface area contributed by atoms with E-state index in [-0.39, 0.29) is 0 Å². The van der Waals surface area contributed by atoms with Crippen LogP contribution in [0.4, 0.5) is 4.79 Å². The summed E-state index contributed by atoms with van der Waals surface area (Å²) in [6, 6.07) is 1.03. The molecule has 0 radical (unpaired) electrons. The average Bonchev–Trinajstić information content (AvgIpc) is 2.93. The summed E-state index contributed by atoms with van der Waals surface area (Å²) in [4.78, 5) is 37.8. The van der Waals surface area contributed by atoms with Gasteiger partial charge in [0.25, 0.3) is 11.1 Å². The van der Waals surface area contributed by atoms with Gasteiger partial charge in [0.2, 0.25) is 0 Å². The van der Waals surface area contributed by atoms with Gasteiger partial charge in [0, 0.05) is 4.88 Å². The number of aryl methyl sites for hydroxylation is 1. The van der Waals surface area contributed by atoms with E-state index in [4.69, 9.17) is 0 Å². The Balaban J connectivity index is 2.27. The van der Waals surface area contributed by atoms with Gasteiger partial charge in [-0.2, -0.15) is 0 Å². The number of thioether (sulfide) groups is 1. The van der Waals surface area contributed by atoms with Crippen LogP contribution in [-0.4, -0.2) is 35.2 Å². The highest BCUT2D eigenvalue weighted by atomic mass is 32.2. The lowest BCUT2D eigenvalue weighted by atomic mass is 10.2. The molecule has 0 aliphatic carbocycles. The Morgan fingerprint density at radius 1 is 1.45 bits per heavy atom. The SMILES string of the molecule is COC(=O)[C@H](C)N1C(=O)S/C(=C\c2sccc2C)C1=O. The molecule has 106 valence electrons. The molecule has 0 saturated carbocycles. The predicted octanol–water partition coefficient (Wildman–Crippen LogP) is 2.65. The minimum atomic E-state index is -0.914. The topological polar surface area (TPSA) is 63.7 Å². The van der Waals surface area contributed by atoms with Crippen LogP contribution >= 0.6 is 23.1 Å².